The number of ether oxygens (including phenoxy) is 12. The predicted octanol–water partition coefficient (Wildman–Crippen LogP) is -1.84. The van der Waals surface area contributed by atoms with E-state index in [9.17, 15) is 78.7 Å². The molecular formula is C59H94O29S. The second-order valence-corrected chi connectivity index (χ2v) is 29.2. The molecule has 10 rings (SSSR count). The molecule has 0 aromatic carbocycles. The Bertz CT molecular complexity index is 2650. The van der Waals surface area contributed by atoms with Crippen molar-refractivity contribution in [3.05, 3.63) is 11.6 Å². The molecule has 0 bridgehead atoms. The minimum Gasteiger partial charge on any atom is -0.458 e. The molecule has 29 unspecified atom stereocenters. The summed E-state index contributed by atoms with van der Waals surface area (Å²) in [7, 11) is -4.10. The number of ketones is 1. The van der Waals surface area contributed by atoms with Crippen molar-refractivity contribution in [2.24, 2.45) is 45.3 Å². The number of carbonyl (C=O) groups excluding carboxylic acids is 2. The maximum atomic E-state index is 14.5. The van der Waals surface area contributed by atoms with E-state index in [1.807, 2.05) is 6.92 Å². The van der Waals surface area contributed by atoms with Crippen molar-refractivity contribution in [3.63, 3.8) is 0 Å². The largest absolute Gasteiger partial charge is 0.458 e. The number of rotatable bonds is 19. The van der Waals surface area contributed by atoms with Crippen molar-refractivity contribution in [3.8, 4) is 0 Å². The third-order valence-corrected chi connectivity index (χ3v) is 22.5. The van der Waals surface area contributed by atoms with E-state index in [0.717, 1.165) is 18.4 Å². The first kappa shape index (κ1) is 69.7. The maximum absolute atomic E-state index is 14.5. The lowest BCUT2D eigenvalue weighted by molar-refractivity contribution is -0.403. The Hall–Kier alpha value is -2.13. The van der Waals surface area contributed by atoms with Gasteiger partial charge in [0, 0.05) is 18.9 Å². The van der Waals surface area contributed by atoms with Gasteiger partial charge in [-0.2, -0.15) is 8.42 Å². The molecule has 0 radical (unpaired) electrons. The van der Waals surface area contributed by atoms with Gasteiger partial charge in [-0.3, -0.25) is 14.1 Å². The first-order chi connectivity index (χ1) is 41.7. The summed E-state index contributed by atoms with van der Waals surface area (Å²) in [5.41, 5.74) is -2.64. The van der Waals surface area contributed by atoms with Crippen LogP contribution in [0.15, 0.2) is 11.6 Å². The van der Waals surface area contributed by atoms with E-state index >= 15 is 0 Å². The number of fused-ring (bicyclic) bond motifs is 4. The van der Waals surface area contributed by atoms with Crippen LogP contribution in [0.2, 0.25) is 0 Å². The summed E-state index contributed by atoms with van der Waals surface area (Å²) in [4.78, 5) is 28.9. The molecule has 30 heteroatoms. The predicted molar refractivity (Wildman–Crippen MR) is 298 cm³/mol. The van der Waals surface area contributed by atoms with Crippen LogP contribution in [-0.2, 0) is 81.0 Å². The normalized spacial score (nSPS) is 50.8. The van der Waals surface area contributed by atoms with Gasteiger partial charge in [-0.05, 0) is 87.4 Å². The molecule has 0 aromatic heterocycles. The highest BCUT2D eigenvalue weighted by molar-refractivity contribution is 7.80. The number of methoxy groups -OCH3 is 1. The molecule has 510 valence electrons. The highest BCUT2D eigenvalue weighted by Crippen LogP contribution is 2.75. The lowest BCUT2D eigenvalue weighted by Crippen LogP contribution is -2.68. The van der Waals surface area contributed by atoms with Crippen LogP contribution in [0.3, 0.4) is 0 Å². The van der Waals surface area contributed by atoms with Crippen molar-refractivity contribution in [2.45, 2.75) is 266 Å². The van der Waals surface area contributed by atoms with Crippen LogP contribution < -0.4 is 0 Å². The zero-order valence-corrected chi connectivity index (χ0v) is 52.5. The number of carbonyl (C=O) groups is 2. The Morgan fingerprint density at radius 1 is 0.663 bits per heavy atom. The van der Waals surface area contributed by atoms with Crippen molar-refractivity contribution >= 4 is 22.2 Å². The van der Waals surface area contributed by atoms with E-state index in [4.69, 9.17) is 61.0 Å². The van der Waals surface area contributed by atoms with Gasteiger partial charge < -0.3 is 113 Å². The number of cyclic esters (lactones) is 1. The van der Waals surface area contributed by atoms with E-state index in [-0.39, 0.29) is 35.4 Å². The molecule has 12 N–H and O–H groups in total. The standard InChI is InChI=1S/C59H94O29S/c1-24(2)11-10-16-58(8)48-28(62)19-57(7)27-12-13-33-55(4,5)34(15-17-56(33,6)26(27)14-18-59(48,57)54(72)87-58)82-52-46(38(67)32(23-78-52)88-89(73,74)75)86-53-47(85-49-39(68)35(64)29(63)22-77-49)40(69)43(25(3)79-53)83-51-42(71)45(37(66)31(21-61)81-51)84-50-41(70)44(76-9)36(65)30(20-60)80-50/h12,24-26,29-53,60-61,63-71H,10-11,13-23H2,1-9H3,(H,73,74,75)/t25?,26?,29?,30?,31?,32?,33?,34?,35?,36?,37?,38?,39?,40?,41?,42?,43?,44?,45?,46?,47?,48?,49?,50?,51?,52?,53?,56?,57-,58-,59?/m0/s1. The van der Waals surface area contributed by atoms with Gasteiger partial charge in [-0.15, -0.1) is 0 Å². The molecule has 29 nitrogen and oxygen atoms in total. The first-order valence-electron chi connectivity index (χ1n) is 31.2. The fourth-order valence-electron chi connectivity index (χ4n) is 17.4. The molecule has 6 saturated heterocycles. The second-order valence-electron chi connectivity index (χ2n) is 28.1. The number of hydrogen-bond donors (Lipinski definition) is 12. The molecule has 6 aliphatic heterocycles. The number of esters is 1. The quantitative estimate of drug-likeness (QED) is 0.0384. The highest BCUT2D eigenvalue weighted by Gasteiger charge is 2.79. The van der Waals surface area contributed by atoms with Gasteiger partial charge in [0.05, 0.1) is 50.0 Å². The molecule has 6 heterocycles. The van der Waals surface area contributed by atoms with Crippen LogP contribution in [0.1, 0.15) is 113 Å². The molecule has 4 aliphatic carbocycles. The Morgan fingerprint density at radius 2 is 1.26 bits per heavy atom. The number of aliphatic hydroxyl groups excluding tert-OH is 11. The zero-order chi connectivity index (χ0) is 65.0. The van der Waals surface area contributed by atoms with E-state index < -0.39 is 212 Å². The summed E-state index contributed by atoms with van der Waals surface area (Å²) in [6.07, 6.45) is -33.9. The molecule has 1 spiro atoms. The average molecular weight is 1300 g/mol. The molecule has 0 aromatic rings. The highest BCUT2D eigenvalue weighted by atomic mass is 32.3. The fourth-order valence-corrected chi connectivity index (χ4v) is 17.8. The Balaban J connectivity index is 0.907. The summed E-state index contributed by atoms with van der Waals surface area (Å²) in [5.74, 6) is -0.434. The lowest BCUT2D eigenvalue weighted by atomic mass is 9.41. The first-order valence-corrected chi connectivity index (χ1v) is 32.5. The molecular weight excluding hydrogens is 1200 g/mol. The molecule has 89 heavy (non-hydrogen) atoms. The maximum Gasteiger partial charge on any atom is 0.397 e. The summed E-state index contributed by atoms with van der Waals surface area (Å²) >= 11 is 0. The van der Waals surface area contributed by atoms with Crippen molar-refractivity contribution in [2.75, 3.05) is 33.5 Å². The Kier molecular flexibility index (Phi) is 20.5. The number of hydrogen-bond acceptors (Lipinski definition) is 28. The van der Waals surface area contributed by atoms with E-state index in [0.29, 0.717) is 44.4 Å². The van der Waals surface area contributed by atoms with Gasteiger partial charge in [0.15, 0.2) is 31.5 Å². The van der Waals surface area contributed by atoms with E-state index in [2.05, 4.69) is 47.6 Å². The van der Waals surface area contributed by atoms with E-state index in [1.165, 1.54) is 14.0 Å². The van der Waals surface area contributed by atoms with Crippen LogP contribution in [0.4, 0.5) is 0 Å². The monoisotopic (exact) mass is 1300 g/mol. The summed E-state index contributed by atoms with van der Waals surface area (Å²) in [5, 5.41) is 122. The van der Waals surface area contributed by atoms with Crippen LogP contribution in [-0.4, -0.2) is 267 Å². The van der Waals surface area contributed by atoms with Crippen molar-refractivity contribution in [1.82, 2.24) is 0 Å². The third kappa shape index (κ3) is 12.3. The minimum absolute atomic E-state index is 0.0137. The molecule has 0 amide bonds. The van der Waals surface area contributed by atoms with Gasteiger partial charge in [0.2, 0.25) is 0 Å². The van der Waals surface area contributed by atoms with Crippen LogP contribution in [0.5, 0.6) is 0 Å². The smallest absolute Gasteiger partial charge is 0.397 e. The Labute approximate surface area is 517 Å². The third-order valence-electron chi connectivity index (χ3n) is 22.0. The molecule has 3 saturated carbocycles. The van der Waals surface area contributed by atoms with Gasteiger partial charge in [-0.25, -0.2) is 4.18 Å². The summed E-state index contributed by atoms with van der Waals surface area (Å²) in [6, 6.07) is 0. The second kappa shape index (κ2) is 26.1. The lowest BCUT2D eigenvalue weighted by Gasteiger charge is -2.63. The van der Waals surface area contributed by atoms with Crippen molar-refractivity contribution in [1.29, 1.82) is 0 Å². The van der Waals surface area contributed by atoms with Crippen LogP contribution in [0.25, 0.3) is 0 Å². The fraction of sp³-hybridized carbons (Fsp3) is 0.932. The van der Waals surface area contributed by atoms with Gasteiger partial charge in [0.1, 0.15) is 115 Å². The van der Waals surface area contributed by atoms with E-state index in [1.54, 1.807) is 0 Å². The SMILES string of the molecule is COC1C(O)C(CO)OC(OC2C(O)C(CO)OC(OC3C(C)OC(OC4C(OC5CCC6(C)C7CCC89C(=O)O[C@@](C)(CCCC(C)C)C8C(=O)C[C@@]9(C)C7=CCC6C5(C)C)OCC(OS(=O)(=O)O)C4O)C(OC4OCC(O)C(O)C4O)C3O)C2O)C1O. The summed E-state index contributed by atoms with van der Waals surface area (Å²) < 4.78 is 112. The van der Waals surface area contributed by atoms with Gasteiger partial charge in [-0.1, -0.05) is 59.6 Å². The van der Waals surface area contributed by atoms with Gasteiger partial charge >= 0.3 is 16.4 Å². The molecule has 10 aliphatic rings. The molecule has 31 atom stereocenters. The topological polar surface area (TPSA) is 431 Å². The Morgan fingerprint density at radius 3 is 1.89 bits per heavy atom. The number of aliphatic hydroxyl groups is 11. The minimum atomic E-state index is -5.27. The van der Waals surface area contributed by atoms with Crippen molar-refractivity contribution < 1.29 is 140 Å². The number of Topliss-reactive ketones (excluding diaryl/α,β-unsaturated/α-hetero) is 1. The molecule has 9 fully saturated rings. The van der Waals surface area contributed by atoms with Crippen LogP contribution in [0, 0.1) is 45.3 Å². The zero-order valence-electron chi connectivity index (χ0n) is 51.7. The number of allylic oxidation sites excluding steroid dienone is 2. The van der Waals surface area contributed by atoms with Crippen LogP contribution >= 0.6 is 0 Å². The summed E-state index contributed by atoms with van der Waals surface area (Å²) in [6.45, 7) is 13.1. The average Bonchev–Trinajstić information content (AvgIpc) is 1.55. The van der Waals surface area contributed by atoms with Gasteiger partial charge in [0.25, 0.3) is 0 Å².